The van der Waals surface area contributed by atoms with Gasteiger partial charge in [-0.3, -0.25) is 4.79 Å². The van der Waals surface area contributed by atoms with Crippen LogP contribution in [0.3, 0.4) is 0 Å². The number of halogens is 1. The highest BCUT2D eigenvalue weighted by atomic mass is 79.9. The molecule has 0 aliphatic heterocycles. The van der Waals surface area contributed by atoms with Gasteiger partial charge in [-0.05, 0) is 40.2 Å². The van der Waals surface area contributed by atoms with Crippen molar-refractivity contribution in [3.05, 3.63) is 20.8 Å². The molecule has 1 aromatic heterocycles. The summed E-state index contributed by atoms with van der Waals surface area (Å²) in [5.74, 6) is -1.24. The van der Waals surface area contributed by atoms with Gasteiger partial charge in [0.1, 0.15) is 10.4 Å². The van der Waals surface area contributed by atoms with E-state index in [9.17, 15) is 14.7 Å². The van der Waals surface area contributed by atoms with E-state index in [4.69, 9.17) is 0 Å². The topological polar surface area (TPSA) is 66.4 Å². The molecule has 1 heterocycles. The van der Waals surface area contributed by atoms with Crippen molar-refractivity contribution in [3.8, 4) is 0 Å². The number of carboxylic acid groups (broad SMARTS) is 1. The van der Waals surface area contributed by atoms with Crippen LogP contribution in [0.25, 0.3) is 0 Å². The predicted octanol–water partition coefficient (Wildman–Crippen LogP) is 2.64. The monoisotopic (exact) mass is 317 g/mol. The number of carbonyl (C=O) groups is 2. The van der Waals surface area contributed by atoms with Crippen LogP contribution in [0.1, 0.15) is 35.4 Å². The molecule has 2 N–H and O–H groups in total. The van der Waals surface area contributed by atoms with E-state index in [1.54, 1.807) is 11.4 Å². The lowest BCUT2D eigenvalue weighted by Gasteiger charge is -2.25. The first kappa shape index (κ1) is 12.6. The van der Waals surface area contributed by atoms with E-state index in [0.717, 1.165) is 12.8 Å². The molecule has 0 unspecified atom stereocenters. The summed E-state index contributed by atoms with van der Waals surface area (Å²) in [7, 11) is 0. The quantitative estimate of drug-likeness (QED) is 0.900. The second kappa shape index (κ2) is 4.78. The number of hydrogen-bond acceptors (Lipinski definition) is 3. The maximum absolute atomic E-state index is 12.0. The maximum atomic E-state index is 12.0. The van der Waals surface area contributed by atoms with Gasteiger partial charge in [0.15, 0.2) is 0 Å². The van der Waals surface area contributed by atoms with Crippen LogP contribution in [0.15, 0.2) is 15.9 Å². The summed E-state index contributed by atoms with van der Waals surface area (Å²) in [6.45, 7) is 0. The van der Waals surface area contributed by atoms with Crippen LogP contribution >= 0.6 is 27.3 Å². The minimum absolute atomic E-state index is 0.309. The van der Waals surface area contributed by atoms with Gasteiger partial charge in [-0.2, -0.15) is 0 Å². The van der Waals surface area contributed by atoms with Gasteiger partial charge in [0.05, 0.1) is 0 Å². The Morgan fingerprint density at radius 3 is 2.53 bits per heavy atom. The van der Waals surface area contributed by atoms with Crippen molar-refractivity contribution in [1.82, 2.24) is 5.32 Å². The van der Waals surface area contributed by atoms with Gasteiger partial charge in [0, 0.05) is 4.47 Å². The molecule has 2 rings (SSSR count). The van der Waals surface area contributed by atoms with Crippen molar-refractivity contribution >= 4 is 39.1 Å². The average Bonchev–Trinajstić information content (AvgIpc) is 2.87. The number of nitrogens with one attached hydrogen (secondary N) is 1. The van der Waals surface area contributed by atoms with Crippen LogP contribution in [0.4, 0.5) is 0 Å². The molecule has 1 aromatic rings. The fourth-order valence-corrected chi connectivity index (χ4v) is 3.55. The van der Waals surface area contributed by atoms with Crippen LogP contribution in [-0.4, -0.2) is 22.5 Å². The molecule has 4 nitrogen and oxygen atoms in total. The number of hydrogen-bond donors (Lipinski definition) is 2. The standard InChI is InChI=1S/C11H12BrNO3S/c12-7-3-6-17-8(7)9(14)13-11(10(15)16)4-1-2-5-11/h3,6H,1-2,4-5H2,(H,13,14)(H,15,16). The van der Waals surface area contributed by atoms with Gasteiger partial charge in [0.2, 0.25) is 0 Å². The van der Waals surface area contributed by atoms with Crippen LogP contribution in [0.2, 0.25) is 0 Å². The first-order valence-corrected chi connectivity index (χ1v) is 7.01. The van der Waals surface area contributed by atoms with Crippen molar-refractivity contribution < 1.29 is 14.7 Å². The summed E-state index contributed by atoms with van der Waals surface area (Å²) < 4.78 is 0.707. The molecule has 92 valence electrons. The molecule has 0 radical (unpaired) electrons. The van der Waals surface area contributed by atoms with E-state index in [0.29, 0.717) is 22.2 Å². The van der Waals surface area contributed by atoms with Gasteiger partial charge in [-0.25, -0.2) is 4.79 Å². The number of aliphatic carboxylic acids is 1. The zero-order valence-corrected chi connectivity index (χ0v) is 11.4. The summed E-state index contributed by atoms with van der Waals surface area (Å²) in [5.41, 5.74) is -1.07. The number of thiophene rings is 1. The van der Waals surface area contributed by atoms with Crippen molar-refractivity contribution in [1.29, 1.82) is 0 Å². The molecule has 1 aliphatic carbocycles. The van der Waals surface area contributed by atoms with Crippen molar-refractivity contribution in [2.75, 3.05) is 0 Å². The fraction of sp³-hybridized carbons (Fsp3) is 0.455. The molecule has 6 heteroatoms. The van der Waals surface area contributed by atoms with Crippen LogP contribution in [-0.2, 0) is 4.79 Å². The van der Waals surface area contributed by atoms with Crippen LogP contribution in [0, 0.1) is 0 Å². The third-order valence-electron chi connectivity index (χ3n) is 3.04. The van der Waals surface area contributed by atoms with Gasteiger partial charge in [-0.15, -0.1) is 11.3 Å². The number of amides is 1. The van der Waals surface area contributed by atoms with Crippen molar-refractivity contribution in [3.63, 3.8) is 0 Å². The van der Waals surface area contributed by atoms with E-state index in [1.807, 2.05) is 0 Å². The van der Waals surface area contributed by atoms with Gasteiger partial charge >= 0.3 is 5.97 Å². The molecule has 1 aliphatic rings. The average molecular weight is 318 g/mol. The van der Waals surface area contributed by atoms with E-state index >= 15 is 0 Å². The Bertz CT molecular complexity index is 451. The second-order valence-corrected chi connectivity index (χ2v) is 5.92. The maximum Gasteiger partial charge on any atom is 0.329 e. The number of carbonyl (C=O) groups excluding carboxylic acids is 1. The summed E-state index contributed by atoms with van der Waals surface area (Å²) in [6, 6.07) is 1.78. The third kappa shape index (κ3) is 2.37. The minimum atomic E-state index is -1.07. The number of carboxylic acids is 1. The SMILES string of the molecule is O=C(NC1(C(=O)O)CCCC1)c1sccc1Br. The van der Waals surface area contributed by atoms with Crippen LogP contribution in [0.5, 0.6) is 0 Å². The summed E-state index contributed by atoms with van der Waals surface area (Å²) in [6.07, 6.45) is 2.71. The zero-order chi connectivity index (χ0) is 12.5. The Morgan fingerprint density at radius 1 is 1.41 bits per heavy atom. The molecule has 1 fully saturated rings. The highest BCUT2D eigenvalue weighted by Crippen LogP contribution is 2.31. The van der Waals surface area contributed by atoms with Gasteiger partial charge < -0.3 is 10.4 Å². The summed E-state index contributed by atoms with van der Waals surface area (Å²) >= 11 is 4.57. The second-order valence-electron chi connectivity index (χ2n) is 4.15. The first-order chi connectivity index (χ1) is 8.05. The Hall–Kier alpha value is -0.880. The van der Waals surface area contributed by atoms with Gasteiger partial charge in [0.25, 0.3) is 5.91 Å². The van der Waals surface area contributed by atoms with Crippen LogP contribution < -0.4 is 5.32 Å². The minimum Gasteiger partial charge on any atom is -0.480 e. The summed E-state index contributed by atoms with van der Waals surface area (Å²) in [4.78, 5) is 23.8. The lowest BCUT2D eigenvalue weighted by molar-refractivity contribution is -0.144. The molecule has 1 saturated carbocycles. The molecular weight excluding hydrogens is 306 g/mol. The van der Waals surface area contributed by atoms with E-state index in [2.05, 4.69) is 21.2 Å². The number of rotatable bonds is 3. The molecule has 0 saturated heterocycles. The van der Waals surface area contributed by atoms with Crippen molar-refractivity contribution in [2.24, 2.45) is 0 Å². The Balaban J connectivity index is 2.17. The summed E-state index contributed by atoms with van der Waals surface area (Å²) in [5, 5.41) is 13.7. The normalized spacial score (nSPS) is 17.9. The van der Waals surface area contributed by atoms with E-state index in [-0.39, 0.29) is 5.91 Å². The van der Waals surface area contributed by atoms with Crippen molar-refractivity contribution in [2.45, 2.75) is 31.2 Å². The van der Waals surface area contributed by atoms with E-state index in [1.165, 1.54) is 11.3 Å². The smallest absolute Gasteiger partial charge is 0.329 e. The predicted molar refractivity (Wildman–Crippen MR) is 68.3 cm³/mol. The lowest BCUT2D eigenvalue weighted by atomic mass is 9.98. The highest BCUT2D eigenvalue weighted by Gasteiger charge is 2.43. The Kier molecular flexibility index (Phi) is 3.53. The third-order valence-corrected chi connectivity index (χ3v) is 4.88. The molecule has 0 atom stereocenters. The molecule has 0 bridgehead atoms. The Morgan fingerprint density at radius 2 is 2.06 bits per heavy atom. The zero-order valence-electron chi connectivity index (χ0n) is 9.03. The molecule has 0 spiro atoms. The highest BCUT2D eigenvalue weighted by molar-refractivity contribution is 9.10. The van der Waals surface area contributed by atoms with E-state index < -0.39 is 11.5 Å². The fourth-order valence-electron chi connectivity index (χ4n) is 2.10. The molecule has 17 heavy (non-hydrogen) atoms. The Labute approximate surface area is 111 Å². The first-order valence-electron chi connectivity index (χ1n) is 5.34. The largest absolute Gasteiger partial charge is 0.480 e. The molecular formula is C11H12BrNO3S. The lowest BCUT2D eigenvalue weighted by Crippen LogP contribution is -2.52. The van der Waals surface area contributed by atoms with Gasteiger partial charge in [-0.1, -0.05) is 12.8 Å². The molecule has 1 amide bonds. The molecule has 0 aromatic carbocycles.